The van der Waals surface area contributed by atoms with Crippen LogP contribution in [0.1, 0.15) is 24.0 Å². The molecule has 4 amide bonds. The van der Waals surface area contributed by atoms with Crippen LogP contribution in [-0.2, 0) is 16.1 Å². The van der Waals surface area contributed by atoms with Crippen LogP contribution in [0.3, 0.4) is 0 Å². The number of halogens is 1. The minimum absolute atomic E-state index is 0.198. The largest absolute Gasteiger partial charge is 0.348 e. The molecule has 0 unspecified atom stereocenters. The van der Waals surface area contributed by atoms with E-state index in [1.165, 1.54) is 24.3 Å². The minimum atomic E-state index is -0.656. The second-order valence-corrected chi connectivity index (χ2v) is 7.75. The van der Waals surface area contributed by atoms with E-state index in [-0.39, 0.29) is 17.8 Å². The molecule has 3 rings (SSSR count). The lowest BCUT2D eigenvalue weighted by Crippen LogP contribution is -2.45. The Hall–Kier alpha value is -3.42. The van der Waals surface area contributed by atoms with Crippen molar-refractivity contribution in [1.29, 1.82) is 0 Å². The van der Waals surface area contributed by atoms with Crippen LogP contribution in [-0.4, -0.2) is 42.4 Å². The van der Waals surface area contributed by atoms with E-state index in [0.29, 0.717) is 31.9 Å². The minimum Gasteiger partial charge on any atom is -0.348 e. The molecule has 2 aromatic carbocycles. The number of urea groups is 1. The van der Waals surface area contributed by atoms with Gasteiger partial charge in [0.15, 0.2) is 0 Å². The summed E-state index contributed by atoms with van der Waals surface area (Å²) in [6, 6.07) is 13.1. The fourth-order valence-electron chi connectivity index (χ4n) is 3.36. The Morgan fingerprint density at radius 1 is 0.935 bits per heavy atom. The highest BCUT2D eigenvalue weighted by Gasteiger charge is 2.24. The van der Waals surface area contributed by atoms with Crippen LogP contribution in [0, 0.1) is 18.7 Å². The van der Waals surface area contributed by atoms with Gasteiger partial charge in [-0.2, -0.15) is 0 Å². The van der Waals surface area contributed by atoms with Gasteiger partial charge < -0.3 is 20.9 Å². The molecule has 31 heavy (non-hydrogen) atoms. The number of rotatable bonds is 5. The van der Waals surface area contributed by atoms with E-state index in [4.69, 9.17) is 0 Å². The number of hydrogen-bond donors (Lipinski definition) is 3. The smallest absolute Gasteiger partial charge is 0.321 e. The number of hydrogen-bond acceptors (Lipinski definition) is 3. The van der Waals surface area contributed by atoms with Crippen LogP contribution in [0.15, 0.2) is 48.5 Å². The summed E-state index contributed by atoms with van der Waals surface area (Å²) in [6.07, 6.45) is 1.45. The van der Waals surface area contributed by atoms with E-state index >= 15 is 0 Å². The van der Waals surface area contributed by atoms with Crippen LogP contribution in [0.5, 0.6) is 0 Å². The Kier molecular flexibility index (Phi) is 7.59. The summed E-state index contributed by atoms with van der Waals surface area (Å²) < 4.78 is 13.0. The molecule has 3 N–H and O–H groups in total. The Bertz CT molecular complexity index is 907. The summed E-state index contributed by atoms with van der Waals surface area (Å²) >= 11 is 0. The number of nitrogens with one attached hydrogen (secondary N) is 3. The second kappa shape index (κ2) is 10.6. The number of benzene rings is 2. The number of aryl methyl sites for hydroxylation is 1. The Morgan fingerprint density at radius 2 is 1.55 bits per heavy atom. The molecule has 7 nitrogen and oxygen atoms in total. The van der Waals surface area contributed by atoms with Crippen molar-refractivity contribution in [1.82, 2.24) is 15.5 Å². The molecule has 0 aromatic heterocycles. The molecular formula is C23H27FN4O3. The maximum absolute atomic E-state index is 13.0. The van der Waals surface area contributed by atoms with Gasteiger partial charge in [0, 0.05) is 31.9 Å². The standard InChI is InChI=1S/C23H27FN4O3/c1-16-2-4-17(5-3-16)14-25-21(29)22(30)26-15-18-10-12-28(13-11-18)23(31)27-20-8-6-19(24)7-9-20/h2-9,18H,10-15H2,1H3,(H,25,29)(H,26,30)(H,27,31). The van der Waals surface area contributed by atoms with Crippen LogP contribution in [0.2, 0.25) is 0 Å². The summed E-state index contributed by atoms with van der Waals surface area (Å²) in [6.45, 7) is 3.77. The average molecular weight is 426 g/mol. The summed E-state index contributed by atoms with van der Waals surface area (Å²) in [4.78, 5) is 38.0. The van der Waals surface area contributed by atoms with Crippen molar-refractivity contribution in [2.45, 2.75) is 26.3 Å². The zero-order chi connectivity index (χ0) is 22.2. The van der Waals surface area contributed by atoms with E-state index < -0.39 is 11.8 Å². The van der Waals surface area contributed by atoms with Gasteiger partial charge in [-0.15, -0.1) is 0 Å². The highest BCUT2D eigenvalue weighted by atomic mass is 19.1. The zero-order valence-electron chi connectivity index (χ0n) is 17.5. The molecule has 0 spiro atoms. The molecule has 0 radical (unpaired) electrons. The molecule has 1 saturated heterocycles. The SMILES string of the molecule is Cc1ccc(CNC(=O)C(=O)NCC2CCN(C(=O)Nc3ccc(F)cc3)CC2)cc1. The second-order valence-electron chi connectivity index (χ2n) is 7.75. The van der Waals surface area contributed by atoms with E-state index in [1.54, 1.807) is 4.90 Å². The number of anilines is 1. The lowest BCUT2D eigenvalue weighted by atomic mass is 9.97. The fraction of sp³-hybridized carbons (Fsp3) is 0.348. The van der Waals surface area contributed by atoms with Crippen molar-refractivity contribution in [3.63, 3.8) is 0 Å². The summed E-state index contributed by atoms with van der Waals surface area (Å²) in [7, 11) is 0. The first kappa shape index (κ1) is 22.3. The third-order valence-electron chi connectivity index (χ3n) is 5.33. The molecule has 2 aromatic rings. The van der Waals surface area contributed by atoms with Crippen LogP contribution in [0.4, 0.5) is 14.9 Å². The number of likely N-dealkylation sites (tertiary alicyclic amines) is 1. The Balaban J connectivity index is 1.35. The van der Waals surface area contributed by atoms with E-state index in [1.807, 2.05) is 31.2 Å². The molecule has 1 heterocycles. The number of carbonyl (C=O) groups is 3. The monoisotopic (exact) mass is 426 g/mol. The maximum atomic E-state index is 13.0. The van der Waals surface area contributed by atoms with Crippen LogP contribution >= 0.6 is 0 Å². The highest BCUT2D eigenvalue weighted by Crippen LogP contribution is 2.18. The number of piperidine rings is 1. The number of nitrogens with zero attached hydrogens (tertiary/aromatic N) is 1. The van der Waals surface area contributed by atoms with Crippen LogP contribution < -0.4 is 16.0 Å². The maximum Gasteiger partial charge on any atom is 0.321 e. The van der Waals surface area contributed by atoms with Crippen molar-refractivity contribution in [2.75, 3.05) is 25.0 Å². The molecule has 1 fully saturated rings. The van der Waals surface area contributed by atoms with Crippen molar-refractivity contribution in [3.8, 4) is 0 Å². The predicted octanol–water partition coefficient (Wildman–Crippen LogP) is 2.81. The molecule has 8 heteroatoms. The molecule has 0 bridgehead atoms. The van der Waals surface area contributed by atoms with Crippen molar-refractivity contribution in [2.24, 2.45) is 5.92 Å². The zero-order valence-corrected chi connectivity index (χ0v) is 17.5. The van der Waals surface area contributed by atoms with Gasteiger partial charge >= 0.3 is 17.8 Å². The van der Waals surface area contributed by atoms with E-state index in [2.05, 4.69) is 16.0 Å². The van der Waals surface area contributed by atoms with E-state index in [9.17, 15) is 18.8 Å². The van der Waals surface area contributed by atoms with Gasteiger partial charge in [0.05, 0.1) is 0 Å². The normalized spacial score (nSPS) is 14.1. The van der Waals surface area contributed by atoms with Gasteiger partial charge in [-0.3, -0.25) is 9.59 Å². The van der Waals surface area contributed by atoms with Crippen LogP contribution in [0.25, 0.3) is 0 Å². The molecule has 0 saturated carbocycles. The lowest BCUT2D eigenvalue weighted by Gasteiger charge is -2.32. The Morgan fingerprint density at radius 3 is 2.19 bits per heavy atom. The quantitative estimate of drug-likeness (QED) is 0.642. The van der Waals surface area contributed by atoms with Crippen molar-refractivity contribution >= 4 is 23.5 Å². The highest BCUT2D eigenvalue weighted by molar-refractivity contribution is 6.35. The summed E-state index contributed by atoms with van der Waals surface area (Å²) in [5.41, 5.74) is 2.60. The van der Waals surface area contributed by atoms with E-state index in [0.717, 1.165) is 24.0 Å². The van der Waals surface area contributed by atoms with Gasteiger partial charge in [0.2, 0.25) is 0 Å². The van der Waals surface area contributed by atoms with Gasteiger partial charge in [-0.05, 0) is 55.5 Å². The first-order chi connectivity index (χ1) is 14.9. The first-order valence-electron chi connectivity index (χ1n) is 10.3. The number of carbonyl (C=O) groups excluding carboxylic acids is 3. The molecular weight excluding hydrogens is 399 g/mol. The van der Waals surface area contributed by atoms with Gasteiger partial charge in [-0.1, -0.05) is 29.8 Å². The molecule has 1 aliphatic rings. The fourth-order valence-corrected chi connectivity index (χ4v) is 3.36. The van der Waals surface area contributed by atoms with Gasteiger partial charge in [-0.25, -0.2) is 9.18 Å². The topological polar surface area (TPSA) is 90.5 Å². The van der Waals surface area contributed by atoms with Crippen molar-refractivity contribution in [3.05, 3.63) is 65.5 Å². The molecule has 0 atom stereocenters. The summed E-state index contributed by atoms with van der Waals surface area (Å²) in [5, 5.41) is 8.05. The summed E-state index contributed by atoms with van der Waals surface area (Å²) in [5.74, 6) is -1.46. The molecule has 164 valence electrons. The third-order valence-corrected chi connectivity index (χ3v) is 5.33. The Labute approximate surface area is 181 Å². The molecule has 0 aliphatic carbocycles. The molecule has 1 aliphatic heterocycles. The van der Waals surface area contributed by atoms with Gasteiger partial charge in [0.1, 0.15) is 5.82 Å². The van der Waals surface area contributed by atoms with Gasteiger partial charge in [0.25, 0.3) is 0 Å². The van der Waals surface area contributed by atoms with Crippen molar-refractivity contribution < 1.29 is 18.8 Å². The third kappa shape index (κ3) is 6.80. The lowest BCUT2D eigenvalue weighted by molar-refractivity contribution is -0.139. The predicted molar refractivity (Wildman–Crippen MR) is 116 cm³/mol. The number of amides is 4. The first-order valence-corrected chi connectivity index (χ1v) is 10.3. The average Bonchev–Trinajstić information content (AvgIpc) is 2.78.